The molecule has 0 bridgehead atoms. The summed E-state index contributed by atoms with van der Waals surface area (Å²) >= 11 is 11.6. The van der Waals surface area contributed by atoms with Crippen LogP contribution in [0.25, 0.3) is 0 Å². The van der Waals surface area contributed by atoms with E-state index >= 15 is 4.39 Å². The first-order valence-corrected chi connectivity index (χ1v) is 7.47. The van der Waals surface area contributed by atoms with Gasteiger partial charge in [-0.05, 0) is 18.6 Å². The molecule has 24 heavy (non-hydrogen) atoms. The van der Waals surface area contributed by atoms with E-state index in [1.54, 1.807) is 0 Å². The van der Waals surface area contributed by atoms with Gasteiger partial charge in [-0.1, -0.05) is 17.7 Å². The topological polar surface area (TPSA) is 77.1 Å². The van der Waals surface area contributed by atoms with Gasteiger partial charge in [-0.2, -0.15) is 18.6 Å². The van der Waals surface area contributed by atoms with Crippen molar-refractivity contribution in [2.24, 2.45) is 0 Å². The zero-order chi connectivity index (χ0) is 18.2. The average molecular weight is 386 g/mol. The maximum Gasteiger partial charge on any atom is 0.353 e. The van der Waals surface area contributed by atoms with Crippen molar-refractivity contribution in [2.75, 3.05) is 0 Å². The summed E-state index contributed by atoms with van der Waals surface area (Å²) in [6, 6.07) is 0. The Bertz CT molecular complexity index is 787. The molecule has 0 saturated carbocycles. The lowest BCUT2D eigenvalue weighted by Crippen LogP contribution is -2.39. The van der Waals surface area contributed by atoms with E-state index in [1.807, 2.05) is 0 Å². The number of carboxylic acids is 1. The minimum absolute atomic E-state index is 0.0571. The Morgan fingerprint density at radius 1 is 1.54 bits per heavy atom. The molecule has 0 fully saturated rings. The summed E-state index contributed by atoms with van der Waals surface area (Å²) in [7, 11) is 0. The molecule has 2 rings (SSSR count). The van der Waals surface area contributed by atoms with Crippen molar-refractivity contribution in [3.05, 3.63) is 39.1 Å². The Morgan fingerprint density at radius 3 is 2.62 bits per heavy atom. The fourth-order valence-corrected chi connectivity index (χ4v) is 2.75. The van der Waals surface area contributed by atoms with Crippen LogP contribution < -0.4 is 5.69 Å². The van der Waals surface area contributed by atoms with E-state index in [4.69, 9.17) is 28.3 Å². The lowest BCUT2D eigenvalue weighted by Gasteiger charge is -2.25. The van der Waals surface area contributed by atoms with E-state index in [9.17, 15) is 18.4 Å². The highest BCUT2D eigenvalue weighted by atomic mass is 35.5. The second kappa shape index (κ2) is 6.64. The van der Waals surface area contributed by atoms with Crippen LogP contribution in [-0.2, 0) is 10.6 Å². The molecule has 132 valence electrons. The van der Waals surface area contributed by atoms with Crippen molar-refractivity contribution < 1.29 is 23.1 Å². The smallest absolute Gasteiger partial charge is 0.353 e. The molecule has 11 heteroatoms. The number of halogens is 5. The Labute approximate surface area is 143 Å². The summed E-state index contributed by atoms with van der Waals surface area (Å²) in [6.07, 6.45) is 1.39. The van der Waals surface area contributed by atoms with E-state index in [1.165, 1.54) is 6.08 Å². The van der Waals surface area contributed by atoms with Crippen molar-refractivity contribution in [1.82, 2.24) is 14.3 Å². The molecule has 0 spiro atoms. The number of aromatic nitrogens is 3. The molecule has 2 atom stereocenters. The molecule has 1 aromatic rings. The molecule has 1 N–H and O–H groups in total. The zero-order valence-corrected chi connectivity index (χ0v) is 13.7. The quantitative estimate of drug-likeness (QED) is 0.790. The van der Waals surface area contributed by atoms with Crippen LogP contribution in [0.5, 0.6) is 0 Å². The zero-order valence-electron chi connectivity index (χ0n) is 12.2. The molecule has 6 nitrogen and oxygen atoms in total. The summed E-state index contributed by atoms with van der Waals surface area (Å²) in [4.78, 5) is 22.7. The Kier molecular flexibility index (Phi) is 5.14. The van der Waals surface area contributed by atoms with Crippen LogP contribution >= 0.6 is 23.2 Å². The molecule has 0 aromatic carbocycles. The summed E-state index contributed by atoms with van der Waals surface area (Å²) < 4.78 is 41.0. The van der Waals surface area contributed by atoms with Crippen LogP contribution in [0.4, 0.5) is 13.2 Å². The molecule has 0 amide bonds. The predicted molar refractivity (Wildman–Crippen MR) is 80.1 cm³/mol. The maximum absolute atomic E-state index is 15.0. The number of rotatable bonds is 5. The van der Waals surface area contributed by atoms with Gasteiger partial charge < -0.3 is 5.11 Å². The molecule has 1 aliphatic carbocycles. The molecule has 0 radical (unpaired) electrons. The van der Waals surface area contributed by atoms with Crippen LogP contribution in [0, 0.1) is 6.92 Å². The first kappa shape index (κ1) is 18.6. The van der Waals surface area contributed by atoms with E-state index in [0.29, 0.717) is 4.68 Å². The first-order chi connectivity index (χ1) is 11.1. The van der Waals surface area contributed by atoms with Gasteiger partial charge in [0.05, 0.1) is 0 Å². The standard InChI is InChI=1S/C13H12Cl2F3N3O3/c1-6-19-21(12(24)20(6)11(16)17)13(18)3-2-7(9(15)5-13)4-8(14)10(22)23/h2-3,8,11H,4-5H2,1H3,(H,22,23). The van der Waals surface area contributed by atoms with Gasteiger partial charge in [-0.15, -0.1) is 11.6 Å². The highest BCUT2D eigenvalue weighted by Crippen LogP contribution is 2.37. The van der Waals surface area contributed by atoms with Gasteiger partial charge in [-0.3, -0.25) is 4.79 Å². The van der Waals surface area contributed by atoms with Gasteiger partial charge in [0, 0.05) is 17.9 Å². The highest BCUT2D eigenvalue weighted by molar-refractivity contribution is 6.31. The molecule has 1 heterocycles. The van der Waals surface area contributed by atoms with E-state index < -0.39 is 35.8 Å². The number of alkyl halides is 4. The number of allylic oxidation sites excluding steroid dienone is 4. The van der Waals surface area contributed by atoms with Crippen molar-refractivity contribution in [3.63, 3.8) is 0 Å². The van der Waals surface area contributed by atoms with Gasteiger partial charge in [0.2, 0.25) is 5.79 Å². The summed E-state index contributed by atoms with van der Waals surface area (Å²) in [5, 5.41) is 11.0. The number of nitrogens with zero attached hydrogens (tertiary/aromatic N) is 3. The fraction of sp³-hybridized carbons (Fsp3) is 0.462. The lowest BCUT2D eigenvalue weighted by atomic mass is 9.97. The third-order valence-electron chi connectivity index (χ3n) is 3.49. The normalized spacial score (nSPS) is 22.3. The average Bonchev–Trinajstić information content (AvgIpc) is 2.77. The summed E-state index contributed by atoms with van der Waals surface area (Å²) in [5.41, 5.74) is -1.03. The number of hydrogen-bond donors (Lipinski definition) is 1. The van der Waals surface area contributed by atoms with Gasteiger partial charge >= 0.3 is 18.2 Å². The van der Waals surface area contributed by atoms with E-state index in [0.717, 1.165) is 13.0 Å². The van der Waals surface area contributed by atoms with E-state index in [-0.39, 0.29) is 27.4 Å². The number of carboxylic acid groups (broad SMARTS) is 1. The van der Waals surface area contributed by atoms with Crippen molar-refractivity contribution >= 4 is 29.2 Å². The van der Waals surface area contributed by atoms with Gasteiger partial charge in [0.1, 0.15) is 11.2 Å². The Balaban J connectivity index is 2.35. The summed E-state index contributed by atoms with van der Waals surface area (Å²) in [5.74, 6) is -4.15. The monoisotopic (exact) mass is 385 g/mol. The lowest BCUT2D eigenvalue weighted by molar-refractivity contribution is -0.136. The second-order valence-electron chi connectivity index (χ2n) is 5.16. The highest BCUT2D eigenvalue weighted by Gasteiger charge is 2.38. The van der Waals surface area contributed by atoms with Gasteiger partial charge in [0.15, 0.2) is 0 Å². The Morgan fingerprint density at radius 2 is 2.17 bits per heavy atom. The molecular formula is C13H12Cl2F3N3O3. The minimum atomic E-state index is -3.16. The third kappa shape index (κ3) is 3.36. The predicted octanol–water partition coefficient (Wildman–Crippen LogP) is 2.91. The van der Waals surface area contributed by atoms with Crippen LogP contribution in [0.3, 0.4) is 0 Å². The fourth-order valence-electron chi connectivity index (χ4n) is 2.26. The molecule has 2 unspecified atom stereocenters. The first-order valence-electron chi connectivity index (χ1n) is 6.66. The second-order valence-corrected chi connectivity index (χ2v) is 6.14. The van der Waals surface area contributed by atoms with Crippen LogP contribution in [0.1, 0.15) is 25.2 Å². The maximum atomic E-state index is 15.0. The van der Waals surface area contributed by atoms with Crippen LogP contribution in [-0.4, -0.2) is 30.8 Å². The van der Waals surface area contributed by atoms with Crippen LogP contribution in [0.2, 0.25) is 0 Å². The van der Waals surface area contributed by atoms with Crippen molar-refractivity contribution in [1.29, 1.82) is 0 Å². The largest absolute Gasteiger partial charge is 0.480 e. The molecular weight excluding hydrogens is 374 g/mol. The number of aliphatic carboxylic acids is 1. The van der Waals surface area contributed by atoms with Crippen molar-refractivity contribution in [3.8, 4) is 0 Å². The summed E-state index contributed by atoms with van der Waals surface area (Å²) in [6.45, 7) is -2.01. The number of carbonyl (C=O) groups is 1. The third-order valence-corrected chi connectivity index (χ3v) is 4.20. The Hall–Kier alpha value is -1.74. The molecule has 1 aromatic heterocycles. The SMILES string of the molecule is Cc1nn(C2(F)C=CC(CC(Cl)C(=O)O)=C(Cl)C2)c(=O)n1C(F)F. The van der Waals surface area contributed by atoms with E-state index in [2.05, 4.69) is 5.10 Å². The van der Waals surface area contributed by atoms with Crippen LogP contribution in [0.15, 0.2) is 27.6 Å². The molecule has 0 saturated heterocycles. The number of aryl methyl sites for hydroxylation is 1. The van der Waals surface area contributed by atoms with Gasteiger partial charge in [0.25, 0.3) is 0 Å². The van der Waals surface area contributed by atoms with Gasteiger partial charge in [-0.25, -0.2) is 13.8 Å². The minimum Gasteiger partial charge on any atom is -0.480 e. The molecule has 0 aliphatic heterocycles. The molecule has 1 aliphatic rings. The van der Waals surface area contributed by atoms with Crippen molar-refractivity contribution in [2.45, 2.75) is 37.5 Å². The number of hydrogen-bond acceptors (Lipinski definition) is 3.